The second kappa shape index (κ2) is 10.6. The number of thiazole rings is 1. The Labute approximate surface area is 185 Å². The molecule has 1 aromatic heterocycles. The van der Waals surface area contributed by atoms with Crippen molar-refractivity contribution in [1.29, 1.82) is 0 Å². The summed E-state index contributed by atoms with van der Waals surface area (Å²) in [5.74, 6) is -1.12. The van der Waals surface area contributed by atoms with E-state index in [-0.39, 0.29) is 11.7 Å². The van der Waals surface area contributed by atoms with Crippen molar-refractivity contribution in [1.82, 2.24) is 4.98 Å². The molecular formula is C21H19BrN2O3S2. The number of anilines is 1. The van der Waals surface area contributed by atoms with E-state index in [1.807, 2.05) is 54.6 Å². The molecule has 5 nitrogen and oxygen atoms in total. The van der Waals surface area contributed by atoms with Crippen molar-refractivity contribution < 1.29 is 14.7 Å². The number of hydrogen-bond acceptors (Lipinski definition) is 5. The van der Waals surface area contributed by atoms with Gasteiger partial charge in [-0.15, -0.1) is 23.1 Å². The predicted molar refractivity (Wildman–Crippen MR) is 122 cm³/mol. The molecular weight excluding hydrogens is 472 g/mol. The summed E-state index contributed by atoms with van der Waals surface area (Å²) in [6.07, 6.45) is 2.88. The van der Waals surface area contributed by atoms with Crippen LogP contribution < -0.4 is 5.32 Å². The third-order valence-electron chi connectivity index (χ3n) is 4.05. The van der Waals surface area contributed by atoms with Gasteiger partial charge in [0.15, 0.2) is 5.13 Å². The number of aliphatic carboxylic acids is 1. The van der Waals surface area contributed by atoms with Gasteiger partial charge in [-0.2, -0.15) is 0 Å². The molecule has 0 saturated carbocycles. The van der Waals surface area contributed by atoms with Gasteiger partial charge in [0.2, 0.25) is 5.91 Å². The maximum atomic E-state index is 12.2. The third kappa shape index (κ3) is 6.99. The van der Waals surface area contributed by atoms with E-state index < -0.39 is 11.2 Å². The van der Waals surface area contributed by atoms with Crippen molar-refractivity contribution in [2.24, 2.45) is 0 Å². The number of carbonyl (C=O) groups is 2. The number of benzene rings is 2. The fourth-order valence-electron chi connectivity index (χ4n) is 2.63. The van der Waals surface area contributed by atoms with Gasteiger partial charge in [-0.1, -0.05) is 58.4 Å². The van der Waals surface area contributed by atoms with Crippen molar-refractivity contribution >= 4 is 56.0 Å². The van der Waals surface area contributed by atoms with Gasteiger partial charge in [0, 0.05) is 22.0 Å². The predicted octanol–water partition coefficient (Wildman–Crippen LogP) is 4.86. The smallest absolute Gasteiger partial charge is 0.316 e. The van der Waals surface area contributed by atoms with Gasteiger partial charge in [-0.05, 0) is 29.7 Å². The van der Waals surface area contributed by atoms with E-state index in [0.717, 1.165) is 33.1 Å². The first-order chi connectivity index (χ1) is 14.0. The zero-order valence-corrected chi connectivity index (χ0v) is 18.6. The summed E-state index contributed by atoms with van der Waals surface area (Å²) in [7, 11) is 0. The van der Waals surface area contributed by atoms with E-state index in [4.69, 9.17) is 0 Å². The molecule has 150 valence electrons. The molecule has 0 fully saturated rings. The SMILES string of the molecule is O=C(CSC(Cc1ccc(Br)cc1)C(=O)O)Nc1ncc(Cc2ccccc2)s1. The van der Waals surface area contributed by atoms with E-state index in [9.17, 15) is 14.7 Å². The molecule has 1 amide bonds. The summed E-state index contributed by atoms with van der Waals surface area (Å²) in [5, 5.41) is 12.1. The van der Waals surface area contributed by atoms with E-state index in [1.165, 1.54) is 16.9 Å². The zero-order valence-electron chi connectivity index (χ0n) is 15.4. The zero-order chi connectivity index (χ0) is 20.6. The van der Waals surface area contributed by atoms with Gasteiger partial charge in [0.1, 0.15) is 5.25 Å². The minimum absolute atomic E-state index is 0.0566. The molecule has 1 atom stereocenters. The number of rotatable bonds is 9. The summed E-state index contributed by atoms with van der Waals surface area (Å²) in [6, 6.07) is 17.6. The fraction of sp³-hybridized carbons (Fsp3) is 0.190. The minimum Gasteiger partial charge on any atom is -0.480 e. The van der Waals surface area contributed by atoms with Gasteiger partial charge in [0.25, 0.3) is 0 Å². The molecule has 0 bridgehead atoms. The monoisotopic (exact) mass is 490 g/mol. The Morgan fingerprint density at radius 2 is 1.83 bits per heavy atom. The fourth-order valence-corrected chi connectivity index (χ4v) is 4.63. The maximum absolute atomic E-state index is 12.2. The summed E-state index contributed by atoms with van der Waals surface area (Å²) in [6.45, 7) is 0. The second-order valence-corrected chi connectivity index (χ2v) is 9.53. The van der Waals surface area contributed by atoms with Crippen LogP contribution in [0.5, 0.6) is 0 Å². The summed E-state index contributed by atoms with van der Waals surface area (Å²) >= 11 is 5.91. The largest absolute Gasteiger partial charge is 0.480 e. The molecule has 3 rings (SSSR count). The topological polar surface area (TPSA) is 79.3 Å². The third-order valence-corrected chi connectivity index (χ3v) is 6.69. The van der Waals surface area contributed by atoms with Crippen LogP contribution in [0.15, 0.2) is 65.3 Å². The van der Waals surface area contributed by atoms with Crippen molar-refractivity contribution in [2.75, 3.05) is 11.1 Å². The molecule has 8 heteroatoms. The van der Waals surface area contributed by atoms with Crippen molar-refractivity contribution in [3.63, 3.8) is 0 Å². The molecule has 0 aliphatic heterocycles. The lowest BCUT2D eigenvalue weighted by Gasteiger charge is -2.12. The normalized spacial score (nSPS) is 11.8. The van der Waals surface area contributed by atoms with E-state index in [0.29, 0.717) is 11.6 Å². The Hall–Kier alpha value is -2.16. The highest BCUT2D eigenvalue weighted by Gasteiger charge is 2.20. The first-order valence-electron chi connectivity index (χ1n) is 8.87. The molecule has 0 saturated heterocycles. The lowest BCUT2D eigenvalue weighted by atomic mass is 10.1. The van der Waals surface area contributed by atoms with E-state index in [2.05, 4.69) is 26.2 Å². The number of thioether (sulfide) groups is 1. The highest BCUT2D eigenvalue weighted by Crippen LogP contribution is 2.23. The number of halogens is 1. The Balaban J connectivity index is 1.50. The van der Waals surface area contributed by atoms with Crippen LogP contribution in [-0.2, 0) is 22.4 Å². The highest BCUT2D eigenvalue weighted by molar-refractivity contribution is 9.10. The van der Waals surface area contributed by atoms with Crippen LogP contribution in [0.2, 0.25) is 0 Å². The number of aromatic nitrogens is 1. The summed E-state index contributed by atoms with van der Waals surface area (Å²) < 4.78 is 0.940. The lowest BCUT2D eigenvalue weighted by molar-refractivity contribution is -0.136. The Kier molecular flexibility index (Phi) is 7.85. The molecule has 1 heterocycles. The van der Waals surface area contributed by atoms with Crippen LogP contribution in [0.25, 0.3) is 0 Å². The Morgan fingerprint density at radius 1 is 1.10 bits per heavy atom. The molecule has 3 aromatic rings. The van der Waals surface area contributed by atoms with Gasteiger partial charge in [0.05, 0.1) is 5.75 Å². The standard InChI is InChI=1S/C21H19BrN2O3S2/c22-16-8-6-15(7-9-16)11-18(20(26)27)28-13-19(25)24-21-23-12-17(29-21)10-14-4-2-1-3-5-14/h1-9,12,18H,10-11,13H2,(H,26,27)(H,23,24,25). The molecule has 2 aromatic carbocycles. The minimum atomic E-state index is -0.926. The average Bonchev–Trinajstić information content (AvgIpc) is 3.13. The first-order valence-corrected chi connectivity index (χ1v) is 11.5. The van der Waals surface area contributed by atoms with Crippen LogP contribution in [0.4, 0.5) is 5.13 Å². The van der Waals surface area contributed by atoms with Crippen LogP contribution in [0.1, 0.15) is 16.0 Å². The molecule has 0 aliphatic rings. The van der Waals surface area contributed by atoms with Gasteiger partial charge in [-0.3, -0.25) is 9.59 Å². The van der Waals surface area contributed by atoms with Crippen LogP contribution >= 0.6 is 39.0 Å². The van der Waals surface area contributed by atoms with Crippen molar-refractivity contribution in [3.8, 4) is 0 Å². The van der Waals surface area contributed by atoms with Gasteiger partial charge in [-0.25, -0.2) is 4.98 Å². The number of carboxylic acids is 1. The molecule has 2 N–H and O–H groups in total. The number of carbonyl (C=O) groups excluding carboxylic acids is 1. The highest BCUT2D eigenvalue weighted by atomic mass is 79.9. The average molecular weight is 491 g/mol. The van der Waals surface area contributed by atoms with Crippen LogP contribution in [-0.4, -0.2) is 33.0 Å². The van der Waals surface area contributed by atoms with Gasteiger partial charge >= 0.3 is 5.97 Å². The van der Waals surface area contributed by atoms with E-state index in [1.54, 1.807) is 6.20 Å². The molecule has 29 heavy (non-hydrogen) atoms. The van der Waals surface area contributed by atoms with Crippen molar-refractivity contribution in [2.45, 2.75) is 18.1 Å². The second-order valence-electron chi connectivity index (χ2n) is 6.31. The number of nitrogens with one attached hydrogen (secondary N) is 1. The number of nitrogens with zero attached hydrogens (tertiary/aromatic N) is 1. The Bertz CT molecular complexity index is 962. The summed E-state index contributed by atoms with van der Waals surface area (Å²) in [5.41, 5.74) is 2.10. The summed E-state index contributed by atoms with van der Waals surface area (Å²) in [4.78, 5) is 29.1. The van der Waals surface area contributed by atoms with Crippen LogP contribution in [0, 0.1) is 0 Å². The molecule has 1 unspecified atom stereocenters. The number of carboxylic acid groups (broad SMARTS) is 1. The maximum Gasteiger partial charge on any atom is 0.316 e. The van der Waals surface area contributed by atoms with Gasteiger partial charge < -0.3 is 10.4 Å². The quantitative estimate of drug-likeness (QED) is 0.447. The Morgan fingerprint density at radius 3 is 2.52 bits per heavy atom. The molecule has 0 radical (unpaired) electrons. The van der Waals surface area contributed by atoms with Crippen molar-refractivity contribution in [3.05, 3.63) is 81.3 Å². The van der Waals surface area contributed by atoms with E-state index >= 15 is 0 Å². The molecule has 0 aliphatic carbocycles. The first kappa shape index (κ1) is 21.5. The molecule has 0 spiro atoms. The lowest BCUT2D eigenvalue weighted by Crippen LogP contribution is -2.23. The number of hydrogen-bond donors (Lipinski definition) is 2. The van der Waals surface area contributed by atoms with Crippen LogP contribution in [0.3, 0.4) is 0 Å². The number of amides is 1.